The van der Waals surface area contributed by atoms with Crippen molar-refractivity contribution in [2.45, 2.75) is 39.5 Å². The van der Waals surface area contributed by atoms with Crippen LogP contribution in [0.2, 0.25) is 0 Å². The van der Waals surface area contributed by atoms with E-state index < -0.39 is 0 Å². The van der Waals surface area contributed by atoms with Gasteiger partial charge >= 0.3 is 0 Å². The molecule has 0 aliphatic carbocycles. The smallest absolute Gasteiger partial charge is 0.0805 e. The Labute approximate surface area is 104 Å². The molecule has 0 saturated heterocycles. The van der Waals surface area contributed by atoms with Crippen molar-refractivity contribution in [1.29, 1.82) is 0 Å². The Morgan fingerprint density at radius 3 is 1.75 bits per heavy atom. The summed E-state index contributed by atoms with van der Waals surface area (Å²) in [7, 11) is 0. The Kier molecular flexibility index (Phi) is 4.48. The Hall–Kier alpha value is -0.890. The highest BCUT2D eigenvalue weighted by Gasteiger charge is 2.18. The van der Waals surface area contributed by atoms with E-state index in [0.717, 1.165) is 0 Å². The molecule has 0 aromatic heterocycles. The molecular formula is C14H21NS. The number of hydrogen-bond donors (Lipinski definition) is 1. The third-order valence-electron chi connectivity index (χ3n) is 2.94. The zero-order valence-corrected chi connectivity index (χ0v) is 11.3. The summed E-state index contributed by atoms with van der Waals surface area (Å²) in [6.07, 6.45) is 0. The van der Waals surface area contributed by atoms with Gasteiger partial charge in [-0.15, -0.1) is 0 Å². The molecule has 2 heteroatoms. The van der Waals surface area contributed by atoms with Crippen LogP contribution in [-0.2, 0) is 0 Å². The Morgan fingerprint density at radius 1 is 1.00 bits per heavy atom. The summed E-state index contributed by atoms with van der Waals surface area (Å²) in [4.78, 5) is 0.590. The monoisotopic (exact) mass is 235 g/mol. The fourth-order valence-electron chi connectivity index (χ4n) is 1.97. The minimum Gasteiger partial charge on any atom is -0.393 e. The number of benzene rings is 1. The van der Waals surface area contributed by atoms with Crippen LogP contribution in [0.3, 0.4) is 0 Å². The molecule has 1 aromatic carbocycles. The summed E-state index contributed by atoms with van der Waals surface area (Å²) in [6, 6.07) is 8.65. The molecular weight excluding hydrogens is 214 g/mol. The molecule has 16 heavy (non-hydrogen) atoms. The fourth-order valence-corrected chi connectivity index (χ4v) is 2.37. The molecule has 0 aliphatic rings. The molecule has 0 fully saturated rings. The Bertz CT molecular complexity index is 352. The van der Waals surface area contributed by atoms with E-state index in [2.05, 4.69) is 52.0 Å². The highest BCUT2D eigenvalue weighted by atomic mass is 32.1. The topological polar surface area (TPSA) is 26.0 Å². The second-order valence-corrected chi connectivity index (χ2v) is 5.42. The second kappa shape index (κ2) is 5.44. The van der Waals surface area contributed by atoms with Gasteiger partial charge in [0, 0.05) is 5.92 Å². The van der Waals surface area contributed by atoms with Gasteiger partial charge in [0.1, 0.15) is 0 Å². The minimum atomic E-state index is 0.191. The first-order chi connectivity index (χ1) is 7.43. The summed E-state index contributed by atoms with van der Waals surface area (Å²) >= 11 is 5.14. The van der Waals surface area contributed by atoms with E-state index in [-0.39, 0.29) is 5.92 Å². The number of thiocarbonyl (C=S) groups is 1. The van der Waals surface area contributed by atoms with Gasteiger partial charge < -0.3 is 5.73 Å². The second-order valence-electron chi connectivity index (χ2n) is 4.95. The maximum Gasteiger partial charge on any atom is 0.0805 e. The summed E-state index contributed by atoms with van der Waals surface area (Å²) in [5, 5.41) is 0. The zero-order valence-electron chi connectivity index (χ0n) is 10.5. The van der Waals surface area contributed by atoms with Crippen LogP contribution in [-0.4, -0.2) is 4.99 Å². The summed E-state index contributed by atoms with van der Waals surface area (Å²) in [6.45, 7) is 8.70. The fraction of sp³-hybridized carbons (Fsp3) is 0.500. The Morgan fingerprint density at radius 2 is 1.44 bits per heavy atom. The van der Waals surface area contributed by atoms with Crippen LogP contribution in [0.1, 0.15) is 50.7 Å². The molecule has 0 bridgehead atoms. The van der Waals surface area contributed by atoms with Crippen molar-refractivity contribution in [2.24, 2.45) is 11.7 Å². The molecule has 1 aromatic rings. The van der Waals surface area contributed by atoms with Crippen LogP contribution in [0.4, 0.5) is 0 Å². The average molecular weight is 235 g/mol. The van der Waals surface area contributed by atoms with E-state index in [1.54, 1.807) is 0 Å². The van der Waals surface area contributed by atoms with Crippen molar-refractivity contribution < 1.29 is 0 Å². The molecule has 0 radical (unpaired) electrons. The molecule has 2 N–H and O–H groups in total. The van der Waals surface area contributed by atoms with Crippen molar-refractivity contribution in [3.63, 3.8) is 0 Å². The lowest BCUT2D eigenvalue weighted by Crippen LogP contribution is -2.23. The van der Waals surface area contributed by atoms with Crippen LogP contribution in [0.15, 0.2) is 24.3 Å². The SMILES string of the molecule is CC(C)c1ccc(C(C(N)=S)C(C)C)cc1. The molecule has 88 valence electrons. The molecule has 1 nitrogen and oxygen atoms in total. The first-order valence-corrected chi connectivity index (χ1v) is 6.23. The minimum absolute atomic E-state index is 0.191. The maximum absolute atomic E-state index is 5.80. The summed E-state index contributed by atoms with van der Waals surface area (Å²) in [5.74, 6) is 1.20. The summed E-state index contributed by atoms with van der Waals surface area (Å²) < 4.78 is 0. The molecule has 0 spiro atoms. The van der Waals surface area contributed by atoms with Gasteiger partial charge in [0.05, 0.1) is 4.99 Å². The molecule has 1 rings (SSSR count). The first kappa shape index (κ1) is 13.2. The van der Waals surface area contributed by atoms with Crippen molar-refractivity contribution in [3.8, 4) is 0 Å². The van der Waals surface area contributed by atoms with Crippen molar-refractivity contribution in [3.05, 3.63) is 35.4 Å². The lowest BCUT2D eigenvalue weighted by Gasteiger charge is -2.20. The predicted octanol–water partition coefficient (Wildman–Crippen LogP) is 3.84. The Balaban J connectivity index is 2.99. The standard InChI is InChI=1S/C14H21NS/c1-9(2)11-5-7-12(8-6-11)13(10(3)4)14(15)16/h5-10,13H,1-4H3,(H2,15,16). The molecule has 0 amide bonds. The quantitative estimate of drug-likeness (QED) is 0.803. The summed E-state index contributed by atoms with van der Waals surface area (Å²) in [5.41, 5.74) is 8.38. The molecule has 1 atom stereocenters. The maximum atomic E-state index is 5.80. The number of rotatable bonds is 4. The van der Waals surface area contributed by atoms with Crippen LogP contribution >= 0.6 is 12.2 Å². The largest absolute Gasteiger partial charge is 0.393 e. The van der Waals surface area contributed by atoms with Crippen molar-refractivity contribution in [1.82, 2.24) is 0 Å². The average Bonchev–Trinajstić information content (AvgIpc) is 2.17. The predicted molar refractivity (Wildman–Crippen MR) is 74.9 cm³/mol. The van der Waals surface area contributed by atoms with E-state index in [1.165, 1.54) is 11.1 Å². The van der Waals surface area contributed by atoms with E-state index in [9.17, 15) is 0 Å². The van der Waals surface area contributed by atoms with E-state index in [0.29, 0.717) is 16.8 Å². The van der Waals surface area contributed by atoms with E-state index in [4.69, 9.17) is 18.0 Å². The van der Waals surface area contributed by atoms with Gasteiger partial charge in [-0.3, -0.25) is 0 Å². The molecule has 0 saturated carbocycles. The van der Waals surface area contributed by atoms with Gasteiger partial charge in [0.25, 0.3) is 0 Å². The van der Waals surface area contributed by atoms with Gasteiger partial charge in [-0.05, 0) is 23.0 Å². The normalized spacial score (nSPS) is 13.1. The van der Waals surface area contributed by atoms with E-state index >= 15 is 0 Å². The lowest BCUT2D eigenvalue weighted by molar-refractivity contribution is 0.604. The third-order valence-corrected chi connectivity index (χ3v) is 3.19. The highest BCUT2D eigenvalue weighted by molar-refractivity contribution is 7.80. The first-order valence-electron chi connectivity index (χ1n) is 5.82. The number of hydrogen-bond acceptors (Lipinski definition) is 1. The molecule has 0 aliphatic heterocycles. The van der Waals surface area contributed by atoms with Crippen LogP contribution in [0, 0.1) is 5.92 Å². The van der Waals surface area contributed by atoms with Gasteiger partial charge in [-0.2, -0.15) is 0 Å². The van der Waals surface area contributed by atoms with Crippen LogP contribution in [0.25, 0.3) is 0 Å². The molecule has 0 heterocycles. The van der Waals surface area contributed by atoms with Gasteiger partial charge in [0.2, 0.25) is 0 Å². The van der Waals surface area contributed by atoms with Gasteiger partial charge in [-0.1, -0.05) is 64.2 Å². The zero-order chi connectivity index (χ0) is 12.3. The van der Waals surface area contributed by atoms with Crippen molar-refractivity contribution >= 4 is 17.2 Å². The highest BCUT2D eigenvalue weighted by Crippen LogP contribution is 2.26. The van der Waals surface area contributed by atoms with Crippen LogP contribution in [0.5, 0.6) is 0 Å². The van der Waals surface area contributed by atoms with Gasteiger partial charge in [0.15, 0.2) is 0 Å². The number of nitrogens with two attached hydrogens (primary N) is 1. The third kappa shape index (κ3) is 3.05. The van der Waals surface area contributed by atoms with Crippen LogP contribution < -0.4 is 5.73 Å². The van der Waals surface area contributed by atoms with Gasteiger partial charge in [-0.25, -0.2) is 0 Å². The van der Waals surface area contributed by atoms with E-state index in [1.807, 2.05) is 0 Å². The van der Waals surface area contributed by atoms with Crippen molar-refractivity contribution in [2.75, 3.05) is 0 Å². The lowest BCUT2D eigenvalue weighted by atomic mass is 9.87. The molecule has 1 unspecified atom stereocenters.